The van der Waals surface area contributed by atoms with Crippen LogP contribution in [0.25, 0.3) is 0 Å². The van der Waals surface area contributed by atoms with Gasteiger partial charge in [-0.3, -0.25) is 0 Å². The highest BCUT2D eigenvalue weighted by Gasteiger charge is 2.34. The van der Waals surface area contributed by atoms with Crippen LogP contribution in [0, 0.1) is 0 Å². The van der Waals surface area contributed by atoms with Gasteiger partial charge in [0.25, 0.3) is 0 Å². The van der Waals surface area contributed by atoms with E-state index in [1.54, 1.807) is 12.2 Å². The second kappa shape index (κ2) is 6.88. The van der Waals surface area contributed by atoms with Crippen molar-refractivity contribution in [3.8, 4) is 0 Å². The predicted molar refractivity (Wildman–Crippen MR) is 67.6 cm³/mol. The fraction of sp³-hybridized carbons (Fsp3) is 0.769. The minimum Gasteiger partial charge on any atom is -0.442 e. The van der Waals surface area contributed by atoms with Gasteiger partial charge < -0.3 is 24.6 Å². The van der Waals surface area contributed by atoms with Crippen molar-refractivity contribution in [2.45, 2.75) is 50.6 Å². The topological polar surface area (TPSA) is 77.0 Å². The molecule has 0 saturated carbocycles. The Bertz CT molecular complexity index is 333. The van der Waals surface area contributed by atoms with Crippen LogP contribution < -0.4 is 5.32 Å². The van der Waals surface area contributed by atoms with Crippen LogP contribution in [0.2, 0.25) is 0 Å². The maximum absolute atomic E-state index is 11.5. The van der Waals surface area contributed by atoms with Gasteiger partial charge >= 0.3 is 6.09 Å². The Morgan fingerprint density at radius 1 is 1.37 bits per heavy atom. The number of hydrogen-bond donors (Lipinski definition) is 2. The Labute approximate surface area is 112 Å². The largest absolute Gasteiger partial charge is 0.442 e. The molecule has 0 aromatic carbocycles. The van der Waals surface area contributed by atoms with E-state index in [9.17, 15) is 9.90 Å². The van der Waals surface area contributed by atoms with Gasteiger partial charge in [-0.2, -0.15) is 0 Å². The Morgan fingerprint density at radius 3 is 2.84 bits per heavy atom. The molecule has 0 aromatic heterocycles. The lowest BCUT2D eigenvalue weighted by atomic mass is 9.97. The third-order valence-electron chi connectivity index (χ3n) is 3.24. The number of aliphatic hydroxyl groups is 1. The van der Waals surface area contributed by atoms with Crippen LogP contribution in [0.3, 0.4) is 0 Å². The van der Waals surface area contributed by atoms with Crippen molar-refractivity contribution in [2.75, 3.05) is 13.3 Å². The van der Waals surface area contributed by atoms with E-state index >= 15 is 0 Å². The molecule has 0 bridgehead atoms. The second-order valence-corrected chi connectivity index (χ2v) is 4.82. The molecule has 1 aliphatic carbocycles. The highest BCUT2D eigenvalue weighted by Crippen LogP contribution is 2.25. The van der Waals surface area contributed by atoms with Crippen LogP contribution in [0.5, 0.6) is 0 Å². The van der Waals surface area contributed by atoms with Gasteiger partial charge in [-0.1, -0.05) is 13.0 Å². The minimum atomic E-state index is -0.598. The molecule has 4 unspecified atom stereocenters. The molecule has 0 spiro atoms. The zero-order valence-corrected chi connectivity index (χ0v) is 11.1. The summed E-state index contributed by atoms with van der Waals surface area (Å²) in [5.41, 5.74) is 0. The lowest BCUT2D eigenvalue weighted by Gasteiger charge is -2.25. The summed E-state index contributed by atoms with van der Waals surface area (Å²) < 4.78 is 16.2. The van der Waals surface area contributed by atoms with Gasteiger partial charge in [0.05, 0.1) is 18.3 Å². The molecule has 2 rings (SSSR count). The number of amides is 1. The van der Waals surface area contributed by atoms with Crippen molar-refractivity contribution >= 4 is 6.09 Å². The first-order chi connectivity index (χ1) is 9.19. The van der Waals surface area contributed by atoms with Gasteiger partial charge in [0.15, 0.2) is 0 Å². The van der Waals surface area contributed by atoms with Crippen molar-refractivity contribution in [1.82, 2.24) is 5.32 Å². The van der Waals surface area contributed by atoms with E-state index < -0.39 is 18.3 Å². The summed E-state index contributed by atoms with van der Waals surface area (Å²) in [6.07, 6.45) is 3.57. The quantitative estimate of drug-likeness (QED) is 0.747. The molecule has 1 amide bonds. The fourth-order valence-corrected chi connectivity index (χ4v) is 2.24. The van der Waals surface area contributed by atoms with Crippen molar-refractivity contribution in [1.29, 1.82) is 0 Å². The Morgan fingerprint density at radius 2 is 2.11 bits per heavy atom. The lowest BCUT2D eigenvalue weighted by Crippen LogP contribution is -2.35. The molecular formula is C13H21NO5. The van der Waals surface area contributed by atoms with Crippen LogP contribution in [0.1, 0.15) is 26.2 Å². The van der Waals surface area contributed by atoms with Gasteiger partial charge in [-0.25, -0.2) is 4.79 Å². The first-order valence-corrected chi connectivity index (χ1v) is 6.73. The third-order valence-corrected chi connectivity index (χ3v) is 3.24. The average molecular weight is 271 g/mol. The molecule has 1 aliphatic heterocycles. The van der Waals surface area contributed by atoms with E-state index in [1.807, 2.05) is 6.92 Å². The van der Waals surface area contributed by atoms with Gasteiger partial charge in [0.2, 0.25) is 0 Å². The number of nitrogens with one attached hydrogen (secondary N) is 1. The van der Waals surface area contributed by atoms with Crippen molar-refractivity contribution in [3.05, 3.63) is 12.2 Å². The van der Waals surface area contributed by atoms with Crippen LogP contribution in [0.15, 0.2) is 12.2 Å². The number of rotatable bonds is 3. The summed E-state index contributed by atoms with van der Waals surface area (Å²) in [6.45, 7) is 2.79. The van der Waals surface area contributed by atoms with E-state index in [-0.39, 0.29) is 19.0 Å². The number of carbonyl (C=O) groups excluding carboxylic acids is 1. The van der Waals surface area contributed by atoms with Crippen LogP contribution in [0.4, 0.5) is 4.79 Å². The average Bonchev–Trinajstić information content (AvgIpc) is 2.78. The molecule has 0 radical (unpaired) electrons. The number of ether oxygens (including phenoxy) is 3. The van der Waals surface area contributed by atoms with E-state index in [0.717, 1.165) is 6.42 Å². The molecule has 1 heterocycles. The highest BCUT2D eigenvalue weighted by atomic mass is 16.7. The summed E-state index contributed by atoms with van der Waals surface area (Å²) in [7, 11) is 0. The smallest absolute Gasteiger partial charge is 0.407 e. The highest BCUT2D eigenvalue weighted by molar-refractivity contribution is 5.67. The summed E-state index contributed by atoms with van der Waals surface area (Å²) >= 11 is 0. The molecule has 2 aliphatic rings. The maximum Gasteiger partial charge on any atom is 0.407 e. The first kappa shape index (κ1) is 14.3. The molecule has 108 valence electrons. The molecular weight excluding hydrogens is 250 g/mol. The van der Waals surface area contributed by atoms with Crippen molar-refractivity contribution in [3.63, 3.8) is 0 Å². The summed E-state index contributed by atoms with van der Waals surface area (Å²) in [6, 6.07) is 0. The number of carbonyl (C=O) groups is 1. The van der Waals surface area contributed by atoms with Gasteiger partial charge in [0.1, 0.15) is 12.9 Å². The molecule has 19 heavy (non-hydrogen) atoms. The lowest BCUT2D eigenvalue weighted by molar-refractivity contribution is 0.0276. The number of alkyl carbamates (subject to hydrolysis) is 1. The van der Waals surface area contributed by atoms with Crippen LogP contribution in [-0.2, 0) is 14.2 Å². The van der Waals surface area contributed by atoms with Gasteiger partial charge in [-0.15, -0.1) is 0 Å². The summed E-state index contributed by atoms with van der Waals surface area (Å²) in [5.74, 6) is 0. The Kier molecular flexibility index (Phi) is 5.18. The molecule has 1 fully saturated rings. The van der Waals surface area contributed by atoms with E-state index in [0.29, 0.717) is 19.4 Å². The number of hydrogen-bond acceptors (Lipinski definition) is 5. The fourth-order valence-electron chi connectivity index (χ4n) is 2.24. The molecule has 6 nitrogen and oxygen atoms in total. The molecule has 1 saturated heterocycles. The van der Waals surface area contributed by atoms with Gasteiger partial charge in [0, 0.05) is 19.4 Å². The molecule has 4 atom stereocenters. The second-order valence-electron chi connectivity index (χ2n) is 4.82. The molecule has 6 heteroatoms. The summed E-state index contributed by atoms with van der Waals surface area (Å²) in [4.78, 5) is 11.5. The zero-order chi connectivity index (χ0) is 13.7. The van der Waals surface area contributed by atoms with E-state index in [1.165, 1.54) is 0 Å². The number of aliphatic hydroxyl groups excluding tert-OH is 1. The van der Waals surface area contributed by atoms with Crippen LogP contribution >= 0.6 is 0 Å². The van der Waals surface area contributed by atoms with Gasteiger partial charge in [-0.05, 0) is 12.5 Å². The van der Waals surface area contributed by atoms with E-state index in [2.05, 4.69) is 5.32 Å². The third kappa shape index (κ3) is 4.19. The normalized spacial score (nSPS) is 34.2. The standard InChI is InChI=1S/C13H21NO5/c1-2-5-14-13(16)19-10-4-3-9(15)6-11-12(7-10)18-8-17-11/h3-4,9-12,15H,2,5-8H2,1H3,(H,14,16). The summed E-state index contributed by atoms with van der Waals surface area (Å²) in [5, 5.41) is 12.4. The minimum absolute atomic E-state index is 0.134. The molecule has 0 aromatic rings. The Hall–Kier alpha value is -1.11. The predicted octanol–water partition coefficient (Wildman–Crippen LogP) is 0.944. The zero-order valence-electron chi connectivity index (χ0n) is 11.1. The van der Waals surface area contributed by atoms with E-state index in [4.69, 9.17) is 14.2 Å². The monoisotopic (exact) mass is 271 g/mol. The number of fused-ring (bicyclic) bond motifs is 1. The molecule has 2 N–H and O–H groups in total. The van der Waals surface area contributed by atoms with Crippen molar-refractivity contribution < 1.29 is 24.1 Å². The first-order valence-electron chi connectivity index (χ1n) is 6.73. The van der Waals surface area contributed by atoms with Crippen LogP contribution in [-0.4, -0.2) is 49.0 Å². The SMILES string of the molecule is CCCNC(=O)OC1C=CC(O)CC2OCOC2C1. The Balaban J connectivity index is 1.92. The maximum atomic E-state index is 11.5. The van der Waals surface area contributed by atoms with Crippen molar-refractivity contribution in [2.24, 2.45) is 0 Å².